The van der Waals surface area contributed by atoms with Crippen LogP contribution in [0, 0.1) is 6.92 Å². The van der Waals surface area contributed by atoms with Crippen molar-refractivity contribution in [2.75, 3.05) is 16.4 Å². The number of hydrogen-bond donors (Lipinski definition) is 3. The minimum absolute atomic E-state index is 0.0183. The van der Waals surface area contributed by atoms with Crippen molar-refractivity contribution in [3.8, 4) is 0 Å². The summed E-state index contributed by atoms with van der Waals surface area (Å²) in [5.41, 5.74) is 8.41. The predicted octanol–water partition coefficient (Wildman–Crippen LogP) is 0.974. The maximum Gasteiger partial charge on any atom is 0.245 e. The third-order valence-corrected chi connectivity index (χ3v) is 4.32. The second-order valence-corrected chi connectivity index (χ2v) is 6.56. The first-order valence-corrected chi connectivity index (χ1v) is 9.35. The van der Waals surface area contributed by atoms with Gasteiger partial charge in [0.1, 0.15) is 12.4 Å². The molecule has 4 heterocycles. The van der Waals surface area contributed by atoms with Crippen LogP contribution in [0.15, 0.2) is 31.0 Å². The molecule has 0 bridgehead atoms. The van der Waals surface area contributed by atoms with Crippen LogP contribution in [0.3, 0.4) is 0 Å². The van der Waals surface area contributed by atoms with E-state index in [9.17, 15) is 4.79 Å². The Morgan fingerprint density at radius 3 is 2.87 bits per heavy atom. The van der Waals surface area contributed by atoms with E-state index in [1.807, 2.05) is 19.9 Å². The molecule has 0 aliphatic carbocycles. The van der Waals surface area contributed by atoms with Crippen molar-refractivity contribution in [2.24, 2.45) is 0 Å². The molecule has 12 heteroatoms. The van der Waals surface area contributed by atoms with Crippen LogP contribution in [0.5, 0.6) is 0 Å². The van der Waals surface area contributed by atoms with Gasteiger partial charge in [0.25, 0.3) is 0 Å². The van der Waals surface area contributed by atoms with E-state index in [1.54, 1.807) is 27.8 Å². The molecule has 0 saturated carbocycles. The molecule has 0 saturated heterocycles. The Hall–Kier alpha value is -4.09. The number of amides is 1. The Labute approximate surface area is 171 Å². The zero-order valence-corrected chi connectivity index (χ0v) is 16.6. The van der Waals surface area contributed by atoms with Gasteiger partial charge < -0.3 is 20.9 Å². The van der Waals surface area contributed by atoms with Crippen LogP contribution in [-0.4, -0.2) is 45.2 Å². The summed E-state index contributed by atoms with van der Waals surface area (Å²) in [5.74, 6) is 0.952. The molecule has 154 valence electrons. The van der Waals surface area contributed by atoms with Gasteiger partial charge in [-0.3, -0.25) is 14.8 Å². The van der Waals surface area contributed by atoms with Crippen LogP contribution in [0.2, 0.25) is 0 Å². The van der Waals surface area contributed by atoms with Crippen LogP contribution < -0.4 is 16.4 Å². The van der Waals surface area contributed by atoms with E-state index < -0.39 is 0 Å². The monoisotopic (exact) mass is 407 g/mol. The number of rotatable bonds is 7. The number of aromatic nitrogens is 8. The number of nitrogen functional groups attached to an aromatic ring is 1. The van der Waals surface area contributed by atoms with Crippen molar-refractivity contribution in [2.45, 2.75) is 33.5 Å². The van der Waals surface area contributed by atoms with Crippen molar-refractivity contribution >= 4 is 34.7 Å². The highest BCUT2D eigenvalue weighted by molar-refractivity contribution is 5.91. The number of fused-ring (bicyclic) bond motifs is 1. The molecular weight excluding hydrogens is 386 g/mol. The third-order valence-electron chi connectivity index (χ3n) is 4.32. The van der Waals surface area contributed by atoms with Crippen molar-refractivity contribution < 1.29 is 4.79 Å². The molecule has 4 N–H and O–H groups in total. The molecule has 12 nitrogen and oxygen atoms in total. The maximum absolute atomic E-state index is 12.6. The first-order chi connectivity index (χ1) is 14.5. The van der Waals surface area contributed by atoms with E-state index in [2.05, 4.69) is 40.7 Å². The number of imidazole rings is 1. The number of aryl methyl sites for hydroxylation is 2. The van der Waals surface area contributed by atoms with Gasteiger partial charge in [-0.2, -0.15) is 15.1 Å². The summed E-state index contributed by atoms with van der Waals surface area (Å²) in [6.07, 6.45) is 6.40. The highest BCUT2D eigenvalue weighted by Crippen LogP contribution is 2.20. The van der Waals surface area contributed by atoms with E-state index in [4.69, 9.17) is 5.73 Å². The Morgan fingerprint density at radius 2 is 2.10 bits per heavy atom. The molecule has 4 aromatic heterocycles. The summed E-state index contributed by atoms with van der Waals surface area (Å²) in [5, 5.41) is 10.3. The molecule has 1 amide bonds. The number of carbonyl (C=O) groups is 1. The van der Waals surface area contributed by atoms with Crippen LogP contribution in [0.25, 0.3) is 11.2 Å². The van der Waals surface area contributed by atoms with Crippen molar-refractivity contribution in [1.82, 2.24) is 39.3 Å². The lowest BCUT2D eigenvalue weighted by Crippen LogP contribution is -2.20. The minimum atomic E-state index is -0.227. The van der Waals surface area contributed by atoms with E-state index in [0.29, 0.717) is 35.9 Å². The molecule has 0 aromatic carbocycles. The third kappa shape index (κ3) is 4.01. The number of anilines is 3. The number of hydrogen-bond acceptors (Lipinski definition) is 9. The van der Waals surface area contributed by atoms with Gasteiger partial charge in [-0.05, 0) is 13.8 Å². The Balaban J connectivity index is 1.53. The molecule has 0 aliphatic heterocycles. The summed E-state index contributed by atoms with van der Waals surface area (Å²) >= 11 is 0. The number of nitrogens with two attached hydrogens (primary N) is 1. The van der Waals surface area contributed by atoms with E-state index in [1.165, 1.54) is 6.33 Å². The first kappa shape index (κ1) is 19.2. The van der Waals surface area contributed by atoms with Crippen LogP contribution >= 0.6 is 0 Å². The topological polar surface area (TPSA) is 154 Å². The quantitative estimate of drug-likeness (QED) is 0.406. The average Bonchev–Trinajstić information content (AvgIpc) is 3.29. The largest absolute Gasteiger partial charge is 0.368 e. The minimum Gasteiger partial charge on any atom is -0.368 e. The van der Waals surface area contributed by atoms with E-state index in [0.717, 1.165) is 11.4 Å². The van der Waals surface area contributed by atoms with Crippen LogP contribution in [0.4, 0.5) is 17.6 Å². The fourth-order valence-corrected chi connectivity index (χ4v) is 3.02. The van der Waals surface area contributed by atoms with Gasteiger partial charge in [-0.1, -0.05) is 0 Å². The zero-order valence-electron chi connectivity index (χ0n) is 16.6. The van der Waals surface area contributed by atoms with Crippen LogP contribution in [0.1, 0.15) is 18.3 Å². The van der Waals surface area contributed by atoms with Crippen molar-refractivity contribution in [3.63, 3.8) is 0 Å². The highest BCUT2D eigenvalue weighted by atomic mass is 16.2. The predicted molar refractivity (Wildman–Crippen MR) is 110 cm³/mol. The molecule has 0 spiro atoms. The molecule has 30 heavy (non-hydrogen) atoms. The maximum atomic E-state index is 12.6. The summed E-state index contributed by atoms with van der Waals surface area (Å²) < 4.78 is 3.35. The second-order valence-electron chi connectivity index (χ2n) is 6.56. The van der Waals surface area contributed by atoms with Gasteiger partial charge in [-0.25, -0.2) is 9.67 Å². The molecule has 0 radical (unpaired) electrons. The second kappa shape index (κ2) is 8.11. The van der Waals surface area contributed by atoms with Gasteiger partial charge >= 0.3 is 0 Å². The van der Waals surface area contributed by atoms with Gasteiger partial charge in [-0.15, -0.1) is 0 Å². The van der Waals surface area contributed by atoms with Crippen LogP contribution in [-0.2, 0) is 24.4 Å². The SMILES string of the molecule is CCn1nc(C)cc1NC(=O)Cn1cnc2c(NCc3cnccn3)nc(N)nc21. The van der Waals surface area contributed by atoms with Gasteiger partial charge in [0.05, 0.1) is 30.5 Å². The van der Waals surface area contributed by atoms with Gasteiger partial charge in [0.15, 0.2) is 17.0 Å². The lowest BCUT2D eigenvalue weighted by Gasteiger charge is -2.09. The van der Waals surface area contributed by atoms with Gasteiger partial charge in [0.2, 0.25) is 11.9 Å². The number of carbonyl (C=O) groups excluding carboxylic acids is 1. The highest BCUT2D eigenvalue weighted by Gasteiger charge is 2.15. The Kier molecular flexibility index (Phi) is 5.20. The van der Waals surface area contributed by atoms with Gasteiger partial charge in [0, 0.05) is 25.0 Å². The summed E-state index contributed by atoms with van der Waals surface area (Å²) in [6, 6.07) is 1.82. The normalized spacial score (nSPS) is 11.0. The molecule has 0 atom stereocenters. The summed E-state index contributed by atoms with van der Waals surface area (Å²) in [7, 11) is 0. The smallest absolute Gasteiger partial charge is 0.245 e. The summed E-state index contributed by atoms with van der Waals surface area (Å²) in [4.78, 5) is 33.6. The van der Waals surface area contributed by atoms with E-state index in [-0.39, 0.29) is 18.4 Å². The summed E-state index contributed by atoms with van der Waals surface area (Å²) in [6.45, 7) is 4.90. The average molecular weight is 407 g/mol. The van der Waals surface area contributed by atoms with Crippen molar-refractivity contribution in [3.05, 3.63) is 42.4 Å². The number of nitrogens with zero attached hydrogens (tertiary/aromatic N) is 8. The van der Waals surface area contributed by atoms with E-state index >= 15 is 0 Å². The fraction of sp³-hybridized carbons (Fsp3) is 0.278. The molecule has 0 unspecified atom stereocenters. The first-order valence-electron chi connectivity index (χ1n) is 9.35. The molecule has 0 fully saturated rings. The lowest BCUT2D eigenvalue weighted by atomic mass is 10.4. The van der Waals surface area contributed by atoms with Crippen molar-refractivity contribution in [1.29, 1.82) is 0 Å². The molecular formula is C18H21N11O. The standard InChI is InChI=1S/C18H21N11O/c1-3-29-13(6-11(2)27-29)24-14(30)9-28-10-23-15-16(25-18(19)26-17(15)28)22-8-12-7-20-4-5-21-12/h4-7,10H,3,8-9H2,1-2H3,(H,24,30)(H3,19,22,25,26). The molecule has 4 rings (SSSR count). The Bertz CT molecular complexity index is 1180. The Morgan fingerprint density at radius 1 is 1.23 bits per heavy atom. The zero-order chi connectivity index (χ0) is 21.1. The molecule has 4 aromatic rings. The lowest BCUT2D eigenvalue weighted by molar-refractivity contribution is -0.116. The molecule has 0 aliphatic rings. The fourth-order valence-electron chi connectivity index (χ4n) is 3.02. The number of nitrogens with one attached hydrogen (secondary N) is 2.